The predicted octanol–water partition coefficient (Wildman–Crippen LogP) is 3.81. The predicted molar refractivity (Wildman–Crippen MR) is 108 cm³/mol. The Kier molecular flexibility index (Phi) is 5.42. The first-order valence-electron chi connectivity index (χ1n) is 8.90. The summed E-state index contributed by atoms with van der Waals surface area (Å²) in [5.41, 5.74) is 1.39. The van der Waals surface area contributed by atoms with Crippen LogP contribution >= 0.6 is 11.3 Å². The normalized spacial score (nSPS) is 11.5. The number of pyridine rings is 1. The Bertz CT molecular complexity index is 1280. The number of carbonyl (C=O) groups is 1. The van der Waals surface area contributed by atoms with Gasteiger partial charge in [0.1, 0.15) is 5.69 Å². The van der Waals surface area contributed by atoms with Crippen molar-refractivity contribution in [1.82, 2.24) is 19.1 Å². The minimum atomic E-state index is -4.42. The van der Waals surface area contributed by atoms with Gasteiger partial charge in [-0.2, -0.15) is 13.2 Å². The lowest BCUT2D eigenvalue weighted by Crippen LogP contribution is -2.19. The number of nitrogens with zero attached hydrogens (tertiary/aromatic N) is 4. The molecule has 0 saturated carbocycles. The van der Waals surface area contributed by atoms with E-state index >= 15 is 0 Å². The number of benzene rings is 1. The van der Waals surface area contributed by atoms with Crippen LogP contribution in [0.3, 0.4) is 0 Å². The molecule has 0 aliphatic carbocycles. The van der Waals surface area contributed by atoms with E-state index in [1.54, 1.807) is 22.2 Å². The van der Waals surface area contributed by atoms with Crippen LogP contribution in [0.5, 0.6) is 0 Å². The molecule has 0 spiro atoms. The van der Waals surface area contributed by atoms with Gasteiger partial charge < -0.3 is 9.88 Å². The van der Waals surface area contributed by atoms with Crippen molar-refractivity contribution < 1.29 is 18.0 Å². The van der Waals surface area contributed by atoms with Gasteiger partial charge in [0.2, 0.25) is 0 Å². The van der Waals surface area contributed by atoms with Crippen LogP contribution in [-0.4, -0.2) is 25.0 Å². The number of thiazole rings is 1. The third-order valence-electron chi connectivity index (χ3n) is 4.33. The summed E-state index contributed by atoms with van der Waals surface area (Å²) < 4.78 is 41.5. The summed E-state index contributed by atoms with van der Waals surface area (Å²) in [6.45, 7) is 0.160. The Morgan fingerprint density at radius 3 is 2.71 bits per heavy atom. The zero-order valence-electron chi connectivity index (χ0n) is 15.7. The second-order valence-electron chi connectivity index (χ2n) is 6.55. The zero-order chi connectivity index (χ0) is 22.0. The lowest BCUT2D eigenvalue weighted by atomic mass is 10.1. The lowest BCUT2D eigenvalue weighted by Gasteiger charge is -2.09. The first-order valence-corrected chi connectivity index (χ1v) is 9.84. The van der Waals surface area contributed by atoms with Crippen molar-refractivity contribution >= 4 is 22.9 Å². The highest BCUT2D eigenvalue weighted by Crippen LogP contribution is 2.29. The summed E-state index contributed by atoms with van der Waals surface area (Å²) >= 11 is 1.28. The second-order valence-corrected chi connectivity index (χ2v) is 7.27. The van der Waals surface area contributed by atoms with Gasteiger partial charge in [-0.15, -0.1) is 11.3 Å². The monoisotopic (exact) mass is 445 g/mol. The van der Waals surface area contributed by atoms with E-state index in [9.17, 15) is 22.8 Å². The highest BCUT2D eigenvalue weighted by Gasteiger charge is 2.30. The first kappa shape index (κ1) is 20.5. The smallest absolute Gasteiger partial charge is 0.331 e. The van der Waals surface area contributed by atoms with Crippen LogP contribution in [0.2, 0.25) is 0 Å². The van der Waals surface area contributed by atoms with Gasteiger partial charge in [0, 0.05) is 36.1 Å². The molecule has 3 heterocycles. The van der Waals surface area contributed by atoms with E-state index in [2.05, 4.69) is 15.3 Å². The van der Waals surface area contributed by atoms with E-state index in [4.69, 9.17) is 0 Å². The quantitative estimate of drug-likeness (QED) is 0.507. The maximum absolute atomic E-state index is 12.9. The topological polar surface area (TPSA) is 81.8 Å². The van der Waals surface area contributed by atoms with Gasteiger partial charge in [-0.3, -0.25) is 14.2 Å². The molecular weight excluding hydrogens is 431 g/mol. The van der Waals surface area contributed by atoms with Crippen molar-refractivity contribution in [1.29, 1.82) is 0 Å². The largest absolute Gasteiger partial charge is 0.416 e. The van der Waals surface area contributed by atoms with E-state index in [0.717, 1.165) is 12.1 Å². The average Bonchev–Trinajstić information content (AvgIpc) is 3.40. The average molecular weight is 445 g/mol. The Morgan fingerprint density at radius 2 is 2.00 bits per heavy atom. The number of halogens is 3. The Morgan fingerprint density at radius 1 is 1.16 bits per heavy atom. The van der Waals surface area contributed by atoms with Crippen LogP contribution in [-0.2, 0) is 12.7 Å². The maximum Gasteiger partial charge on any atom is 0.416 e. The molecule has 0 fully saturated rings. The van der Waals surface area contributed by atoms with Gasteiger partial charge in [0.05, 0.1) is 17.4 Å². The maximum atomic E-state index is 12.9. The van der Waals surface area contributed by atoms with Crippen LogP contribution in [0.1, 0.15) is 21.6 Å². The molecule has 31 heavy (non-hydrogen) atoms. The van der Waals surface area contributed by atoms with Crippen molar-refractivity contribution in [3.8, 4) is 5.82 Å². The van der Waals surface area contributed by atoms with E-state index in [-0.39, 0.29) is 12.2 Å². The fourth-order valence-electron chi connectivity index (χ4n) is 2.88. The Hall–Kier alpha value is -3.73. The van der Waals surface area contributed by atoms with Gasteiger partial charge in [-0.1, -0.05) is 12.1 Å². The van der Waals surface area contributed by atoms with Crippen molar-refractivity contribution in [3.63, 3.8) is 0 Å². The van der Waals surface area contributed by atoms with Crippen LogP contribution in [0, 0.1) is 0 Å². The number of amides is 1. The zero-order valence-corrected chi connectivity index (χ0v) is 16.5. The second kappa shape index (κ2) is 8.19. The molecule has 158 valence electrons. The fraction of sp³-hybridized carbons (Fsp3) is 0.100. The molecule has 0 saturated heterocycles. The molecule has 4 rings (SSSR count). The molecule has 1 aromatic carbocycles. The van der Waals surface area contributed by atoms with Gasteiger partial charge >= 0.3 is 6.18 Å². The number of imidazole rings is 1. The first-order chi connectivity index (χ1) is 14.8. The minimum Gasteiger partial charge on any atom is -0.331 e. The van der Waals surface area contributed by atoms with Crippen molar-refractivity contribution in [2.24, 2.45) is 0 Å². The lowest BCUT2D eigenvalue weighted by molar-refractivity contribution is -0.137. The van der Waals surface area contributed by atoms with Crippen LogP contribution in [0.15, 0.2) is 70.8 Å². The molecule has 1 amide bonds. The third-order valence-corrected chi connectivity index (χ3v) is 4.91. The van der Waals surface area contributed by atoms with Gasteiger partial charge in [0.15, 0.2) is 5.82 Å². The summed E-state index contributed by atoms with van der Waals surface area (Å²) in [5, 5.41) is 4.18. The summed E-state index contributed by atoms with van der Waals surface area (Å²) in [6, 6.07) is 7.80. The molecule has 7 nitrogen and oxygen atoms in total. The summed E-state index contributed by atoms with van der Waals surface area (Å²) in [5.74, 6) is -0.127. The molecule has 0 radical (unpaired) electrons. The highest BCUT2D eigenvalue weighted by molar-refractivity contribution is 7.07. The molecule has 3 aromatic heterocycles. The Labute approximate surface area is 177 Å². The van der Waals surface area contributed by atoms with Crippen molar-refractivity contribution in [2.75, 3.05) is 5.32 Å². The standard InChI is InChI=1S/C20H14F3N5O2S/c21-20(22,23)14-3-1-2-13(6-14)8-27-9-17(24-11-27)28-5-4-15(7-18(28)29)26-19(30)16-10-31-12-25-16/h1-7,9-12H,8H2,(H,26,30). The molecule has 4 aromatic rings. The van der Waals surface area contributed by atoms with Gasteiger partial charge in [0.25, 0.3) is 11.5 Å². The van der Waals surface area contributed by atoms with Gasteiger partial charge in [-0.05, 0) is 23.8 Å². The number of nitrogens with one attached hydrogen (secondary N) is 1. The molecule has 0 unspecified atom stereocenters. The fourth-order valence-corrected chi connectivity index (χ4v) is 3.41. The molecular formula is C20H14F3N5O2S. The van der Waals surface area contributed by atoms with Crippen molar-refractivity contribution in [3.05, 3.63) is 93.2 Å². The third kappa shape index (κ3) is 4.72. The SMILES string of the molecule is O=C(Nc1ccn(-c2cn(Cc3cccc(C(F)(F)F)c3)cn2)c(=O)c1)c1cscn1. The molecule has 11 heteroatoms. The number of anilines is 1. The molecule has 0 atom stereocenters. The summed E-state index contributed by atoms with van der Waals surface area (Å²) in [7, 11) is 0. The number of carbonyl (C=O) groups excluding carboxylic acids is 1. The van der Waals surface area contributed by atoms with Crippen LogP contribution in [0.25, 0.3) is 5.82 Å². The Balaban J connectivity index is 1.50. The van der Waals surface area contributed by atoms with E-state index in [0.29, 0.717) is 17.1 Å². The highest BCUT2D eigenvalue weighted by atomic mass is 32.1. The number of hydrogen-bond acceptors (Lipinski definition) is 5. The molecule has 0 aliphatic heterocycles. The van der Waals surface area contributed by atoms with Crippen LogP contribution in [0.4, 0.5) is 18.9 Å². The number of hydrogen-bond donors (Lipinski definition) is 1. The number of alkyl halides is 3. The van der Waals surface area contributed by atoms with E-state index in [1.807, 2.05) is 0 Å². The summed E-state index contributed by atoms with van der Waals surface area (Å²) in [4.78, 5) is 32.6. The number of aromatic nitrogens is 4. The molecule has 0 bridgehead atoms. The summed E-state index contributed by atoms with van der Waals surface area (Å²) in [6.07, 6.45) is 0.0190. The van der Waals surface area contributed by atoms with Crippen LogP contribution < -0.4 is 10.9 Å². The van der Waals surface area contributed by atoms with Crippen molar-refractivity contribution in [2.45, 2.75) is 12.7 Å². The van der Waals surface area contributed by atoms with Gasteiger partial charge in [-0.25, -0.2) is 9.97 Å². The molecule has 0 aliphatic rings. The number of rotatable bonds is 5. The van der Waals surface area contributed by atoms with E-state index in [1.165, 1.54) is 52.1 Å². The molecule has 1 N–H and O–H groups in total. The minimum absolute atomic E-state index is 0.160. The van der Waals surface area contributed by atoms with E-state index < -0.39 is 23.2 Å².